The van der Waals surface area contributed by atoms with Crippen LogP contribution < -0.4 is 0 Å². The summed E-state index contributed by atoms with van der Waals surface area (Å²) in [4.78, 5) is 28.3. The van der Waals surface area contributed by atoms with Gasteiger partial charge < -0.3 is 9.64 Å². The molecule has 34 heavy (non-hydrogen) atoms. The van der Waals surface area contributed by atoms with Gasteiger partial charge >= 0.3 is 12.1 Å². The number of nitrogens with zero attached hydrogens (tertiary/aromatic N) is 1. The van der Waals surface area contributed by atoms with Crippen LogP contribution in [0.25, 0.3) is 0 Å². The zero-order valence-electron chi connectivity index (χ0n) is 18.9. The van der Waals surface area contributed by atoms with Gasteiger partial charge in [0.25, 0.3) is 0 Å². The van der Waals surface area contributed by atoms with E-state index in [9.17, 15) is 22.8 Å². The van der Waals surface area contributed by atoms with Gasteiger partial charge in [-0.05, 0) is 53.6 Å². The summed E-state index contributed by atoms with van der Waals surface area (Å²) >= 11 is 3.46. The highest BCUT2D eigenvalue weighted by Gasteiger charge is 2.42. The predicted octanol–water partition coefficient (Wildman–Crippen LogP) is 6.26. The molecule has 2 aromatic carbocycles. The molecule has 0 N–H and O–H groups in total. The Kier molecular flexibility index (Phi) is 7.36. The van der Waals surface area contributed by atoms with Gasteiger partial charge in [0, 0.05) is 17.4 Å². The predicted molar refractivity (Wildman–Crippen MR) is 125 cm³/mol. The summed E-state index contributed by atoms with van der Waals surface area (Å²) in [7, 11) is 1.29. The third kappa shape index (κ3) is 5.16. The van der Waals surface area contributed by atoms with Crippen LogP contribution >= 0.6 is 15.9 Å². The highest BCUT2D eigenvalue weighted by atomic mass is 79.9. The molecule has 4 nitrogen and oxygen atoms in total. The van der Waals surface area contributed by atoms with Gasteiger partial charge in [-0.25, -0.2) is 4.79 Å². The molecule has 1 fully saturated rings. The van der Waals surface area contributed by atoms with E-state index in [1.165, 1.54) is 18.1 Å². The molecule has 0 radical (unpaired) electrons. The molecule has 8 heteroatoms. The largest absolute Gasteiger partial charge is 0.467 e. The zero-order chi connectivity index (χ0) is 24.5. The smallest absolute Gasteiger partial charge is 0.416 e. The van der Waals surface area contributed by atoms with E-state index in [1.54, 1.807) is 6.07 Å². The Morgan fingerprint density at radius 2 is 1.79 bits per heavy atom. The van der Waals surface area contributed by atoms with E-state index in [1.807, 2.05) is 18.2 Å². The van der Waals surface area contributed by atoms with Crippen molar-refractivity contribution < 1.29 is 27.5 Å². The Bertz CT molecular complexity index is 1070. The number of carbonyl (C=O) groups is 2. The molecular weight excluding hydrogens is 511 g/mol. The van der Waals surface area contributed by atoms with Crippen molar-refractivity contribution in [3.05, 3.63) is 69.2 Å². The third-order valence-corrected chi connectivity index (χ3v) is 7.51. The lowest BCUT2D eigenvalue weighted by atomic mass is 9.75. The zero-order valence-corrected chi connectivity index (χ0v) is 20.5. The van der Waals surface area contributed by atoms with E-state index in [0.717, 1.165) is 59.8 Å². The van der Waals surface area contributed by atoms with Crippen molar-refractivity contribution in [2.45, 2.75) is 63.2 Å². The molecule has 0 spiro atoms. The summed E-state index contributed by atoms with van der Waals surface area (Å²) in [6.07, 6.45) is 0.266. The minimum Gasteiger partial charge on any atom is -0.467 e. The van der Waals surface area contributed by atoms with Gasteiger partial charge in [0.05, 0.1) is 18.6 Å². The van der Waals surface area contributed by atoms with Crippen molar-refractivity contribution in [1.29, 1.82) is 0 Å². The summed E-state index contributed by atoms with van der Waals surface area (Å²) in [6, 6.07) is 10.00. The maximum atomic E-state index is 14.1. The monoisotopic (exact) mass is 537 g/mol. The van der Waals surface area contributed by atoms with Crippen LogP contribution in [0.3, 0.4) is 0 Å². The van der Waals surface area contributed by atoms with Crippen molar-refractivity contribution in [1.82, 2.24) is 4.90 Å². The number of carbonyl (C=O) groups excluding carboxylic acids is 2. The second kappa shape index (κ2) is 10.1. The Morgan fingerprint density at radius 3 is 2.47 bits per heavy atom. The molecule has 4 rings (SSSR count). The van der Waals surface area contributed by atoms with Crippen LogP contribution in [0.2, 0.25) is 0 Å². The maximum Gasteiger partial charge on any atom is 0.416 e. The van der Waals surface area contributed by atoms with E-state index in [-0.39, 0.29) is 18.4 Å². The second-order valence-electron chi connectivity index (χ2n) is 9.12. The number of methoxy groups -OCH3 is 1. The van der Waals surface area contributed by atoms with E-state index < -0.39 is 29.7 Å². The van der Waals surface area contributed by atoms with E-state index in [4.69, 9.17) is 4.74 Å². The van der Waals surface area contributed by atoms with Crippen molar-refractivity contribution in [3.8, 4) is 0 Å². The Balaban J connectivity index is 1.76. The number of hydrogen-bond acceptors (Lipinski definition) is 3. The van der Waals surface area contributed by atoms with E-state index >= 15 is 0 Å². The Morgan fingerprint density at radius 1 is 1.06 bits per heavy atom. The van der Waals surface area contributed by atoms with E-state index in [0.29, 0.717) is 12.0 Å². The minimum absolute atomic E-state index is 0.0769. The molecule has 2 unspecified atom stereocenters. The number of amides is 1. The van der Waals surface area contributed by atoms with Gasteiger partial charge in [-0.15, -0.1) is 0 Å². The van der Waals surface area contributed by atoms with Crippen LogP contribution in [0, 0.1) is 5.92 Å². The molecular formula is C26H27BrF3NO3. The molecule has 0 bridgehead atoms. The van der Waals surface area contributed by atoms with Gasteiger partial charge in [-0.2, -0.15) is 13.2 Å². The van der Waals surface area contributed by atoms with Crippen molar-refractivity contribution >= 4 is 27.8 Å². The first-order chi connectivity index (χ1) is 16.2. The first kappa shape index (κ1) is 24.8. The van der Waals surface area contributed by atoms with Crippen LogP contribution in [-0.4, -0.2) is 29.9 Å². The molecule has 1 amide bonds. The lowest BCUT2D eigenvalue weighted by Crippen LogP contribution is -2.51. The highest BCUT2D eigenvalue weighted by Crippen LogP contribution is 2.41. The van der Waals surface area contributed by atoms with Crippen LogP contribution in [-0.2, 0) is 33.5 Å². The first-order valence-corrected chi connectivity index (χ1v) is 12.3. The molecule has 1 saturated carbocycles. The summed E-state index contributed by atoms with van der Waals surface area (Å²) in [6.45, 7) is 0.204. The quantitative estimate of drug-likeness (QED) is 0.432. The topological polar surface area (TPSA) is 46.6 Å². The van der Waals surface area contributed by atoms with Crippen LogP contribution in [0.4, 0.5) is 13.2 Å². The number of hydrogen-bond donors (Lipinski definition) is 0. The highest BCUT2D eigenvalue weighted by molar-refractivity contribution is 9.10. The fourth-order valence-electron chi connectivity index (χ4n) is 5.30. The molecule has 2 aliphatic rings. The number of ether oxygens (including phenoxy) is 1. The summed E-state index contributed by atoms with van der Waals surface area (Å²) in [5.74, 6) is -1.66. The normalized spacial score (nSPS) is 19.9. The molecule has 182 valence electrons. The molecule has 2 atom stereocenters. The summed E-state index contributed by atoms with van der Waals surface area (Å²) < 4.78 is 46.3. The second-order valence-corrected chi connectivity index (χ2v) is 10.0. The average Bonchev–Trinajstić information content (AvgIpc) is 2.83. The lowest BCUT2D eigenvalue weighted by molar-refractivity contribution is -0.155. The van der Waals surface area contributed by atoms with Gasteiger partial charge in [0.2, 0.25) is 5.91 Å². The van der Waals surface area contributed by atoms with E-state index in [2.05, 4.69) is 15.9 Å². The van der Waals surface area contributed by atoms with Gasteiger partial charge in [0.15, 0.2) is 0 Å². The third-order valence-electron chi connectivity index (χ3n) is 7.02. The summed E-state index contributed by atoms with van der Waals surface area (Å²) in [5.41, 5.74) is 1.46. The fraction of sp³-hybridized carbons (Fsp3) is 0.462. The Labute approximate surface area is 205 Å². The van der Waals surface area contributed by atoms with Gasteiger partial charge in [0.1, 0.15) is 6.04 Å². The summed E-state index contributed by atoms with van der Waals surface area (Å²) in [5, 5.41) is 0. The van der Waals surface area contributed by atoms with Crippen molar-refractivity contribution in [3.63, 3.8) is 0 Å². The fourth-order valence-corrected chi connectivity index (χ4v) is 5.71. The lowest BCUT2D eigenvalue weighted by Gasteiger charge is -2.40. The number of benzene rings is 2. The Hall–Kier alpha value is -2.35. The minimum atomic E-state index is -4.50. The van der Waals surface area contributed by atoms with Gasteiger partial charge in [-0.1, -0.05) is 59.5 Å². The molecule has 2 aromatic rings. The van der Waals surface area contributed by atoms with Crippen LogP contribution in [0.5, 0.6) is 0 Å². The molecule has 1 aliphatic carbocycles. The molecule has 0 saturated heterocycles. The average molecular weight is 538 g/mol. The van der Waals surface area contributed by atoms with Crippen LogP contribution in [0.1, 0.15) is 60.3 Å². The number of rotatable bonds is 4. The maximum absolute atomic E-state index is 14.1. The molecule has 1 heterocycles. The number of esters is 1. The van der Waals surface area contributed by atoms with Crippen LogP contribution in [0.15, 0.2) is 46.9 Å². The first-order valence-electron chi connectivity index (χ1n) is 11.5. The molecule has 1 aliphatic heterocycles. The van der Waals surface area contributed by atoms with Gasteiger partial charge in [-0.3, -0.25) is 4.79 Å². The standard InChI is InChI=1S/C26H27BrF3NO3/c1-34-25(33)22-14-17-10-11-21(27)13-19(17)15-31(22)24(32)23(16-6-3-2-4-7-16)18-8-5-9-20(12-18)26(28,29)30/h5,8-13,16,22-23H,2-4,6-7,14-15H2,1H3. The van der Waals surface area contributed by atoms with Crippen molar-refractivity contribution in [2.24, 2.45) is 5.92 Å². The number of alkyl halides is 3. The number of fused-ring (bicyclic) bond motifs is 1. The number of halogens is 4. The van der Waals surface area contributed by atoms with Crippen molar-refractivity contribution in [2.75, 3.05) is 7.11 Å². The SMILES string of the molecule is COC(=O)C1Cc2ccc(Br)cc2CN1C(=O)C(c1cccc(C(F)(F)F)c1)C1CCCCC1. The molecule has 0 aromatic heterocycles.